The van der Waals surface area contributed by atoms with E-state index in [1.165, 1.54) is 0 Å². The fourth-order valence-corrected chi connectivity index (χ4v) is 2.51. The van der Waals surface area contributed by atoms with Gasteiger partial charge in [0.15, 0.2) is 11.4 Å². The highest BCUT2D eigenvalue weighted by Gasteiger charge is 2.31. The van der Waals surface area contributed by atoms with Crippen LogP contribution in [0.3, 0.4) is 0 Å². The highest BCUT2D eigenvalue weighted by Crippen LogP contribution is 2.28. The molecule has 1 heterocycles. The second-order valence-electron chi connectivity index (χ2n) is 3.80. The molecule has 0 saturated heterocycles. The Morgan fingerprint density at radius 3 is 2.50 bits per heavy atom. The Morgan fingerprint density at radius 1 is 1.39 bits per heavy atom. The number of anilines is 1. The summed E-state index contributed by atoms with van der Waals surface area (Å²) in [5.74, 6) is 0. The Kier molecular flexibility index (Phi) is 5.13. The van der Waals surface area contributed by atoms with Gasteiger partial charge in [-0.05, 0) is 13.3 Å². The number of aromatic nitrogens is 1. The first kappa shape index (κ1) is 14.9. The van der Waals surface area contributed by atoms with Crippen molar-refractivity contribution in [3.63, 3.8) is 0 Å². The van der Waals surface area contributed by atoms with Gasteiger partial charge in [-0.25, -0.2) is 4.98 Å². The van der Waals surface area contributed by atoms with Gasteiger partial charge >= 0.3 is 6.18 Å². The molecule has 0 spiro atoms. The van der Waals surface area contributed by atoms with Crippen LogP contribution in [-0.4, -0.2) is 30.5 Å². The molecule has 0 aliphatic rings. The summed E-state index contributed by atoms with van der Waals surface area (Å²) in [6.07, 6.45) is -2.20. The highest BCUT2D eigenvalue weighted by atomic mass is 32.1. The van der Waals surface area contributed by atoms with Gasteiger partial charge in [-0.15, -0.1) is 0 Å². The monoisotopic (exact) mass is 280 g/mol. The molecule has 102 valence electrons. The number of rotatable bonds is 6. The molecule has 0 fully saturated rings. The lowest BCUT2D eigenvalue weighted by molar-refractivity contribution is -0.119. The van der Waals surface area contributed by atoms with E-state index in [9.17, 15) is 18.0 Å². The molecule has 0 saturated carbocycles. The summed E-state index contributed by atoms with van der Waals surface area (Å²) >= 11 is 1.02. The van der Waals surface area contributed by atoms with Crippen LogP contribution in [0.25, 0.3) is 0 Å². The molecule has 7 heteroatoms. The number of hydrogen-bond acceptors (Lipinski definition) is 4. The largest absolute Gasteiger partial charge is 0.406 e. The smallest absolute Gasteiger partial charge is 0.339 e. The second kappa shape index (κ2) is 6.17. The molecule has 0 unspecified atom stereocenters. The number of nitrogens with zero attached hydrogens (tertiary/aromatic N) is 2. The molecule has 0 aromatic carbocycles. The number of aryl methyl sites for hydroxylation is 1. The second-order valence-corrected chi connectivity index (χ2v) is 4.81. The minimum atomic E-state index is -4.27. The Labute approximate surface area is 108 Å². The Bertz CT molecular complexity index is 403. The standard InChI is InChI=1S/C11H15F3N2OS/c1-3-5-8-9(6-17)18-10(15-8)16(4-2)7-11(12,13)14/h6H,3-5,7H2,1-2H3. The summed E-state index contributed by atoms with van der Waals surface area (Å²) in [5.41, 5.74) is 0.591. The maximum Gasteiger partial charge on any atom is 0.406 e. The number of halogens is 3. The Balaban J connectivity index is 2.96. The van der Waals surface area contributed by atoms with E-state index in [4.69, 9.17) is 0 Å². The van der Waals surface area contributed by atoms with E-state index in [-0.39, 0.29) is 11.7 Å². The van der Waals surface area contributed by atoms with Gasteiger partial charge in [0, 0.05) is 6.54 Å². The summed E-state index contributed by atoms with van der Waals surface area (Å²) in [6.45, 7) is 2.73. The van der Waals surface area contributed by atoms with Crippen molar-refractivity contribution in [2.75, 3.05) is 18.0 Å². The minimum absolute atomic E-state index is 0.205. The van der Waals surface area contributed by atoms with E-state index in [0.717, 1.165) is 22.7 Å². The van der Waals surface area contributed by atoms with E-state index in [0.29, 0.717) is 23.3 Å². The van der Waals surface area contributed by atoms with Crippen LogP contribution in [0.15, 0.2) is 0 Å². The molecule has 0 amide bonds. The molecule has 0 aliphatic heterocycles. The van der Waals surface area contributed by atoms with Crippen molar-refractivity contribution in [2.45, 2.75) is 32.9 Å². The van der Waals surface area contributed by atoms with E-state index < -0.39 is 12.7 Å². The Hall–Kier alpha value is -1.11. The van der Waals surface area contributed by atoms with Crippen molar-refractivity contribution in [1.82, 2.24) is 4.98 Å². The molecule has 1 rings (SSSR count). The van der Waals surface area contributed by atoms with E-state index >= 15 is 0 Å². The van der Waals surface area contributed by atoms with Gasteiger partial charge in [-0.2, -0.15) is 13.2 Å². The third-order valence-electron chi connectivity index (χ3n) is 2.33. The van der Waals surface area contributed by atoms with Crippen molar-refractivity contribution in [3.8, 4) is 0 Å². The summed E-state index contributed by atoms with van der Waals surface area (Å²) in [5, 5.41) is 0.264. The molecule has 18 heavy (non-hydrogen) atoms. The third-order valence-corrected chi connectivity index (χ3v) is 3.42. The molecule has 0 radical (unpaired) electrons. The van der Waals surface area contributed by atoms with E-state index in [1.54, 1.807) is 6.92 Å². The van der Waals surface area contributed by atoms with Gasteiger partial charge in [0.1, 0.15) is 6.54 Å². The number of thiazole rings is 1. The number of hydrogen-bond donors (Lipinski definition) is 0. The van der Waals surface area contributed by atoms with Gasteiger partial charge in [-0.3, -0.25) is 4.79 Å². The van der Waals surface area contributed by atoms with Crippen molar-refractivity contribution in [2.24, 2.45) is 0 Å². The van der Waals surface area contributed by atoms with Crippen molar-refractivity contribution < 1.29 is 18.0 Å². The molecule has 1 aromatic heterocycles. The number of carbonyl (C=O) groups is 1. The van der Waals surface area contributed by atoms with Crippen molar-refractivity contribution in [3.05, 3.63) is 10.6 Å². The predicted molar refractivity (Wildman–Crippen MR) is 65.4 cm³/mol. The summed E-state index contributed by atoms with van der Waals surface area (Å²) < 4.78 is 37.1. The lowest BCUT2D eigenvalue weighted by atomic mass is 10.2. The van der Waals surface area contributed by atoms with E-state index in [1.807, 2.05) is 6.92 Å². The molecular formula is C11H15F3N2OS. The van der Waals surface area contributed by atoms with Crippen molar-refractivity contribution in [1.29, 1.82) is 0 Å². The fourth-order valence-electron chi connectivity index (χ4n) is 1.52. The molecule has 3 nitrogen and oxygen atoms in total. The molecular weight excluding hydrogens is 265 g/mol. The fraction of sp³-hybridized carbons (Fsp3) is 0.636. The predicted octanol–water partition coefficient (Wildman–Crippen LogP) is 3.30. The van der Waals surface area contributed by atoms with Gasteiger partial charge in [0.05, 0.1) is 10.6 Å². The minimum Gasteiger partial charge on any atom is -0.339 e. The SMILES string of the molecule is CCCc1nc(N(CC)CC(F)(F)F)sc1C=O. The zero-order chi connectivity index (χ0) is 13.8. The maximum absolute atomic E-state index is 12.4. The van der Waals surface area contributed by atoms with Crippen LogP contribution in [0, 0.1) is 0 Å². The summed E-state index contributed by atoms with van der Waals surface area (Å²) in [7, 11) is 0. The molecule has 0 atom stereocenters. The Morgan fingerprint density at radius 2 is 2.06 bits per heavy atom. The lowest BCUT2D eigenvalue weighted by Gasteiger charge is -2.21. The quantitative estimate of drug-likeness (QED) is 0.750. The third kappa shape index (κ3) is 3.97. The number of alkyl halides is 3. The molecule has 1 aromatic rings. The molecule has 0 aliphatic carbocycles. The maximum atomic E-state index is 12.4. The normalized spacial score (nSPS) is 11.6. The van der Waals surface area contributed by atoms with Gasteiger partial charge in [0.25, 0.3) is 0 Å². The zero-order valence-electron chi connectivity index (χ0n) is 10.3. The first-order chi connectivity index (χ1) is 8.41. The van der Waals surface area contributed by atoms with Crippen LogP contribution in [0.5, 0.6) is 0 Å². The van der Waals surface area contributed by atoms with Crippen LogP contribution in [-0.2, 0) is 6.42 Å². The number of aldehydes is 1. The average molecular weight is 280 g/mol. The van der Waals surface area contributed by atoms with Crippen LogP contribution in [0.4, 0.5) is 18.3 Å². The topological polar surface area (TPSA) is 33.2 Å². The van der Waals surface area contributed by atoms with Gasteiger partial charge < -0.3 is 4.90 Å². The first-order valence-corrected chi connectivity index (χ1v) is 6.49. The van der Waals surface area contributed by atoms with Crippen LogP contribution in [0.1, 0.15) is 35.6 Å². The first-order valence-electron chi connectivity index (χ1n) is 5.67. The van der Waals surface area contributed by atoms with Crippen molar-refractivity contribution >= 4 is 22.8 Å². The number of carbonyl (C=O) groups excluding carboxylic acids is 1. The zero-order valence-corrected chi connectivity index (χ0v) is 11.1. The van der Waals surface area contributed by atoms with Gasteiger partial charge in [-0.1, -0.05) is 24.7 Å². The van der Waals surface area contributed by atoms with Crippen LogP contribution >= 0.6 is 11.3 Å². The summed E-state index contributed by atoms with van der Waals surface area (Å²) in [6, 6.07) is 0. The van der Waals surface area contributed by atoms with Crippen LogP contribution < -0.4 is 4.90 Å². The van der Waals surface area contributed by atoms with Gasteiger partial charge in [0.2, 0.25) is 0 Å². The summed E-state index contributed by atoms with van der Waals surface area (Å²) in [4.78, 5) is 16.5. The van der Waals surface area contributed by atoms with E-state index in [2.05, 4.69) is 4.98 Å². The highest BCUT2D eigenvalue weighted by molar-refractivity contribution is 7.17. The lowest BCUT2D eigenvalue weighted by Crippen LogP contribution is -2.34. The molecule has 0 N–H and O–H groups in total. The van der Waals surface area contributed by atoms with Crippen LogP contribution in [0.2, 0.25) is 0 Å². The molecule has 0 bridgehead atoms. The average Bonchev–Trinajstić information content (AvgIpc) is 2.68.